The number of aliphatic hydroxyl groups is 1. The Morgan fingerprint density at radius 1 is 0.867 bits per heavy atom. The molecular weight excluding hydrogens is 412 g/mol. The van der Waals surface area contributed by atoms with E-state index in [0.29, 0.717) is 11.5 Å². The summed E-state index contributed by atoms with van der Waals surface area (Å²) in [5.41, 5.74) is 1.97. The summed E-state index contributed by atoms with van der Waals surface area (Å²) in [7, 11) is 0. The number of aryl methyl sites for hydroxylation is 1. The number of cyclic esters (lactones) is 1. The van der Waals surface area contributed by atoms with Gasteiger partial charge in [-0.25, -0.2) is 0 Å². The fraction of sp³-hybridized carbons (Fsp3) is 0.160. The molecule has 0 saturated heterocycles. The standard InChI is InChI=1S/C25H22O3S2/c26-24-23(29-17-16-19-10-4-1-5-11-19)25(27,30-21-14-8-3-9-15-21)18-22(28-24)20-12-6-2-7-13-20/h1-15,18,23,27H,16-17H2. The summed E-state index contributed by atoms with van der Waals surface area (Å²) in [5.74, 6) is 0.683. The molecule has 2 atom stereocenters. The first-order chi connectivity index (χ1) is 14.6. The van der Waals surface area contributed by atoms with Gasteiger partial charge in [0.25, 0.3) is 0 Å². The van der Waals surface area contributed by atoms with Crippen LogP contribution in [0.2, 0.25) is 0 Å². The van der Waals surface area contributed by atoms with Crippen LogP contribution in [0.25, 0.3) is 5.76 Å². The van der Waals surface area contributed by atoms with Gasteiger partial charge in [0.1, 0.15) is 11.0 Å². The predicted octanol–water partition coefficient (Wildman–Crippen LogP) is 5.41. The Labute approximate surface area is 185 Å². The lowest BCUT2D eigenvalue weighted by Crippen LogP contribution is -2.45. The Balaban J connectivity index is 1.59. The molecule has 3 aromatic rings. The largest absolute Gasteiger partial charge is 0.425 e. The van der Waals surface area contributed by atoms with Crippen LogP contribution in [0.3, 0.4) is 0 Å². The van der Waals surface area contributed by atoms with Crippen molar-refractivity contribution in [2.24, 2.45) is 0 Å². The third kappa shape index (κ3) is 4.98. The van der Waals surface area contributed by atoms with Crippen LogP contribution in [0.15, 0.2) is 102 Å². The summed E-state index contributed by atoms with van der Waals surface area (Å²) in [4.78, 5) is 12.5. The molecule has 2 unspecified atom stereocenters. The Kier molecular flexibility index (Phi) is 6.62. The normalized spacial score (nSPS) is 21.0. The molecule has 1 heterocycles. The molecule has 3 aromatic carbocycles. The summed E-state index contributed by atoms with van der Waals surface area (Å²) in [6.07, 6.45) is 2.50. The quantitative estimate of drug-likeness (QED) is 0.398. The van der Waals surface area contributed by atoms with E-state index in [2.05, 4.69) is 12.1 Å². The number of rotatable bonds is 7. The van der Waals surface area contributed by atoms with Crippen molar-refractivity contribution in [2.45, 2.75) is 21.5 Å². The molecule has 0 saturated carbocycles. The highest BCUT2D eigenvalue weighted by Crippen LogP contribution is 2.45. The van der Waals surface area contributed by atoms with Crippen LogP contribution < -0.4 is 0 Å². The van der Waals surface area contributed by atoms with Crippen molar-refractivity contribution in [3.8, 4) is 0 Å². The number of carbonyl (C=O) groups excluding carboxylic acids is 1. The van der Waals surface area contributed by atoms with Crippen LogP contribution in [0.4, 0.5) is 0 Å². The monoisotopic (exact) mass is 434 g/mol. The fourth-order valence-electron chi connectivity index (χ4n) is 3.26. The maximum Gasteiger partial charge on any atom is 0.328 e. The number of benzene rings is 3. The molecule has 30 heavy (non-hydrogen) atoms. The van der Waals surface area contributed by atoms with Crippen LogP contribution in [0, 0.1) is 0 Å². The lowest BCUT2D eigenvalue weighted by molar-refractivity contribution is -0.139. The van der Waals surface area contributed by atoms with Crippen molar-refractivity contribution in [2.75, 3.05) is 5.75 Å². The van der Waals surface area contributed by atoms with E-state index < -0.39 is 16.2 Å². The first-order valence-electron chi connectivity index (χ1n) is 9.76. The average Bonchev–Trinajstić information content (AvgIpc) is 2.77. The first-order valence-corrected chi connectivity index (χ1v) is 11.6. The average molecular weight is 435 g/mol. The molecule has 0 bridgehead atoms. The van der Waals surface area contributed by atoms with Crippen molar-refractivity contribution in [1.29, 1.82) is 0 Å². The molecule has 0 spiro atoms. The second-order valence-corrected chi connectivity index (χ2v) is 9.49. The molecule has 0 aromatic heterocycles. The zero-order chi connectivity index (χ0) is 20.8. The third-order valence-electron chi connectivity index (χ3n) is 4.74. The van der Waals surface area contributed by atoms with Crippen LogP contribution in [-0.4, -0.2) is 27.0 Å². The van der Waals surface area contributed by atoms with E-state index in [-0.39, 0.29) is 0 Å². The number of carbonyl (C=O) groups is 1. The number of thioether (sulfide) groups is 2. The van der Waals surface area contributed by atoms with E-state index in [9.17, 15) is 9.90 Å². The molecule has 0 aliphatic carbocycles. The topological polar surface area (TPSA) is 46.5 Å². The molecular formula is C25H22O3S2. The minimum Gasteiger partial charge on any atom is -0.425 e. The number of esters is 1. The molecule has 0 amide bonds. The molecule has 1 aliphatic rings. The van der Waals surface area contributed by atoms with Crippen LogP contribution >= 0.6 is 23.5 Å². The van der Waals surface area contributed by atoms with Crippen LogP contribution in [0.5, 0.6) is 0 Å². The van der Waals surface area contributed by atoms with Gasteiger partial charge < -0.3 is 9.84 Å². The van der Waals surface area contributed by atoms with E-state index in [0.717, 1.165) is 16.9 Å². The SMILES string of the molecule is O=C1OC(c2ccccc2)=CC(O)(Sc2ccccc2)C1SCCc1ccccc1. The summed E-state index contributed by atoms with van der Waals surface area (Å²) < 4.78 is 5.65. The first kappa shape index (κ1) is 20.8. The molecule has 3 nitrogen and oxygen atoms in total. The van der Waals surface area contributed by atoms with Gasteiger partial charge in [-0.2, -0.15) is 0 Å². The number of ether oxygens (including phenoxy) is 1. The van der Waals surface area contributed by atoms with Gasteiger partial charge in [0.2, 0.25) is 0 Å². The fourth-order valence-corrected chi connectivity index (χ4v) is 5.72. The van der Waals surface area contributed by atoms with Gasteiger partial charge in [-0.15, -0.1) is 11.8 Å². The molecule has 152 valence electrons. The van der Waals surface area contributed by atoms with Crippen LogP contribution in [-0.2, 0) is 16.0 Å². The van der Waals surface area contributed by atoms with Crippen molar-refractivity contribution in [3.63, 3.8) is 0 Å². The van der Waals surface area contributed by atoms with E-state index in [1.807, 2.05) is 78.9 Å². The Hall–Kier alpha value is -2.47. The summed E-state index contributed by atoms with van der Waals surface area (Å²) in [6, 6.07) is 29.2. The Morgan fingerprint density at radius 3 is 2.13 bits per heavy atom. The third-order valence-corrected chi connectivity index (χ3v) is 7.40. The van der Waals surface area contributed by atoms with Crippen molar-refractivity contribution < 1.29 is 14.6 Å². The molecule has 1 N–H and O–H groups in total. The number of hydrogen-bond acceptors (Lipinski definition) is 5. The molecule has 4 rings (SSSR count). The zero-order valence-corrected chi connectivity index (χ0v) is 17.9. The number of hydrogen-bond donors (Lipinski definition) is 1. The highest BCUT2D eigenvalue weighted by molar-refractivity contribution is 8.04. The molecule has 1 aliphatic heterocycles. The van der Waals surface area contributed by atoms with Gasteiger partial charge in [0.05, 0.1) is 0 Å². The Morgan fingerprint density at radius 2 is 1.47 bits per heavy atom. The van der Waals surface area contributed by atoms with Gasteiger partial charge in [0.15, 0.2) is 4.93 Å². The minimum atomic E-state index is -1.41. The smallest absolute Gasteiger partial charge is 0.328 e. The molecule has 5 heteroatoms. The van der Waals surface area contributed by atoms with E-state index in [1.165, 1.54) is 29.1 Å². The minimum absolute atomic E-state index is 0.395. The van der Waals surface area contributed by atoms with E-state index >= 15 is 0 Å². The predicted molar refractivity (Wildman–Crippen MR) is 124 cm³/mol. The second-order valence-electron chi connectivity index (χ2n) is 6.95. The van der Waals surface area contributed by atoms with Crippen molar-refractivity contribution in [1.82, 2.24) is 0 Å². The van der Waals surface area contributed by atoms with Gasteiger partial charge >= 0.3 is 5.97 Å². The van der Waals surface area contributed by atoms with Gasteiger partial charge in [0, 0.05) is 16.5 Å². The van der Waals surface area contributed by atoms with Gasteiger partial charge in [-0.05, 0) is 29.9 Å². The maximum atomic E-state index is 13.0. The highest BCUT2D eigenvalue weighted by Gasteiger charge is 2.46. The lowest BCUT2D eigenvalue weighted by Gasteiger charge is -2.35. The summed E-state index contributed by atoms with van der Waals surface area (Å²) in [6.45, 7) is 0. The second kappa shape index (κ2) is 9.56. The molecule has 0 fully saturated rings. The zero-order valence-electron chi connectivity index (χ0n) is 16.3. The summed E-state index contributed by atoms with van der Waals surface area (Å²) in [5, 5.41) is 10.9. The lowest BCUT2D eigenvalue weighted by atomic mass is 10.1. The Bertz CT molecular complexity index is 1010. The van der Waals surface area contributed by atoms with Gasteiger partial charge in [-0.1, -0.05) is 90.6 Å². The van der Waals surface area contributed by atoms with Crippen molar-refractivity contribution in [3.05, 3.63) is 108 Å². The van der Waals surface area contributed by atoms with Gasteiger partial charge in [-0.3, -0.25) is 4.79 Å². The van der Waals surface area contributed by atoms with Crippen molar-refractivity contribution >= 4 is 35.3 Å². The van der Waals surface area contributed by atoms with E-state index in [4.69, 9.17) is 4.74 Å². The highest BCUT2D eigenvalue weighted by atomic mass is 32.2. The van der Waals surface area contributed by atoms with E-state index in [1.54, 1.807) is 6.08 Å². The molecule has 0 radical (unpaired) electrons. The maximum absolute atomic E-state index is 13.0. The van der Waals surface area contributed by atoms with Crippen LogP contribution in [0.1, 0.15) is 11.1 Å². The summed E-state index contributed by atoms with van der Waals surface area (Å²) >= 11 is 2.71.